The molecule has 0 saturated heterocycles. The van der Waals surface area contributed by atoms with Crippen molar-refractivity contribution in [3.05, 3.63) is 35.7 Å². The van der Waals surface area contributed by atoms with Gasteiger partial charge < -0.3 is 0 Å². The lowest BCUT2D eigenvalue weighted by atomic mass is 9.92. The third-order valence-electron chi connectivity index (χ3n) is 2.65. The van der Waals surface area contributed by atoms with Crippen LogP contribution in [0.4, 0.5) is 0 Å². The highest BCUT2D eigenvalue weighted by atomic mass is 35.5. The maximum atomic E-state index is 11.3. The van der Waals surface area contributed by atoms with E-state index in [-0.39, 0.29) is 5.41 Å². The minimum absolute atomic E-state index is 0.0365. The van der Waals surface area contributed by atoms with Crippen molar-refractivity contribution >= 4 is 16.8 Å². The number of halogens is 1. The van der Waals surface area contributed by atoms with E-state index < -0.39 is 5.24 Å². The molecule has 0 atom stereocenters. The fourth-order valence-corrected chi connectivity index (χ4v) is 1.75. The number of aromatic nitrogens is 3. The Hall–Kier alpha value is -1.68. The van der Waals surface area contributed by atoms with Crippen LogP contribution in [0.5, 0.6) is 0 Å². The summed E-state index contributed by atoms with van der Waals surface area (Å²) < 4.78 is 0. The van der Waals surface area contributed by atoms with Crippen molar-refractivity contribution in [3.8, 4) is 11.4 Å². The van der Waals surface area contributed by atoms with Crippen LogP contribution in [0.25, 0.3) is 11.4 Å². The van der Waals surface area contributed by atoms with Crippen molar-refractivity contribution < 1.29 is 4.79 Å². The third-order valence-corrected chi connectivity index (χ3v) is 2.85. The Labute approximate surface area is 110 Å². The van der Waals surface area contributed by atoms with Crippen LogP contribution >= 0.6 is 11.6 Å². The second-order valence-electron chi connectivity index (χ2n) is 5.09. The Kier molecular flexibility index (Phi) is 3.22. The molecule has 5 heteroatoms. The number of nitrogens with one attached hydrogen (secondary N) is 1. The highest BCUT2D eigenvalue weighted by Gasteiger charge is 2.19. The molecular weight excluding hydrogens is 250 g/mol. The third kappa shape index (κ3) is 2.43. The van der Waals surface area contributed by atoms with Gasteiger partial charge in [-0.2, -0.15) is 5.10 Å². The molecule has 0 fully saturated rings. The zero-order chi connectivity index (χ0) is 13.3. The summed E-state index contributed by atoms with van der Waals surface area (Å²) in [5, 5.41) is 6.63. The van der Waals surface area contributed by atoms with Crippen LogP contribution in [0.3, 0.4) is 0 Å². The Morgan fingerprint density at radius 2 is 2.11 bits per heavy atom. The fourth-order valence-electron chi connectivity index (χ4n) is 1.60. The summed E-state index contributed by atoms with van der Waals surface area (Å²) in [6, 6.07) is 5.21. The summed E-state index contributed by atoms with van der Waals surface area (Å²) in [6.45, 7) is 6.24. The number of pyridine rings is 1. The summed E-state index contributed by atoms with van der Waals surface area (Å²) in [6.07, 6.45) is 1.62. The largest absolute Gasteiger partial charge is 0.281 e. The first kappa shape index (κ1) is 12.8. The number of H-pyrrole nitrogens is 1. The molecule has 0 radical (unpaired) electrons. The smallest absolute Gasteiger partial charge is 0.254 e. The molecule has 0 bridgehead atoms. The second-order valence-corrected chi connectivity index (χ2v) is 5.43. The van der Waals surface area contributed by atoms with Gasteiger partial charge in [-0.3, -0.25) is 14.9 Å². The molecule has 0 amide bonds. The van der Waals surface area contributed by atoms with Crippen molar-refractivity contribution in [3.63, 3.8) is 0 Å². The minimum atomic E-state index is -0.529. The predicted octanol–water partition coefficient (Wildman–Crippen LogP) is 3.15. The Balaban J connectivity index is 2.50. The number of aromatic amines is 1. The average Bonchev–Trinajstić information content (AvgIpc) is 2.77. The second kappa shape index (κ2) is 4.53. The van der Waals surface area contributed by atoms with Crippen LogP contribution in [-0.2, 0) is 5.41 Å². The lowest BCUT2D eigenvalue weighted by Gasteiger charge is -2.14. The van der Waals surface area contributed by atoms with Crippen molar-refractivity contribution in [1.82, 2.24) is 15.2 Å². The molecule has 2 aromatic rings. The van der Waals surface area contributed by atoms with Gasteiger partial charge in [0.25, 0.3) is 5.24 Å². The van der Waals surface area contributed by atoms with Gasteiger partial charge in [0.2, 0.25) is 0 Å². The monoisotopic (exact) mass is 263 g/mol. The number of carbonyl (C=O) groups excluding carboxylic acids is 1. The van der Waals surface area contributed by atoms with Gasteiger partial charge >= 0.3 is 0 Å². The van der Waals surface area contributed by atoms with E-state index in [4.69, 9.17) is 11.6 Å². The number of nitrogens with zero attached hydrogens (tertiary/aromatic N) is 2. The van der Waals surface area contributed by atoms with E-state index in [1.54, 1.807) is 18.3 Å². The van der Waals surface area contributed by atoms with Crippen molar-refractivity contribution in [1.29, 1.82) is 0 Å². The van der Waals surface area contributed by atoms with E-state index in [1.807, 2.05) is 6.07 Å². The normalized spacial score (nSPS) is 11.6. The van der Waals surface area contributed by atoms with Crippen molar-refractivity contribution in [2.24, 2.45) is 0 Å². The number of hydrogen-bond donors (Lipinski definition) is 1. The van der Waals surface area contributed by atoms with Crippen LogP contribution in [0.1, 0.15) is 36.8 Å². The molecule has 94 valence electrons. The number of hydrogen-bond acceptors (Lipinski definition) is 3. The molecule has 0 saturated carbocycles. The van der Waals surface area contributed by atoms with E-state index in [0.717, 1.165) is 5.69 Å². The molecule has 2 rings (SSSR count). The van der Waals surface area contributed by atoms with Crippen molar-refractivity contribution in [2.45, 2.75) is 26.2 Å². The van der Waals surface area contributed by atoms with Gasteiger partial charge in [0, 0.05) is 17.3 Å². The molecule has 0 aliphatic heterocycles. The molecule has 2 heterocycles. The standard InChI is InChI=1S/C13H14ClN3O/c1-13(2,3)10-7-9(16-17-10)11-8(12(14)18)5-4-6-15-11/h4-7H,1-3H3,(H,16,17). The zero-order valence-corrected chi connectivity index (χ0v) is 11.2. The maximum Gasteiger partial charge on any atom is 0.254 e. The highest BCUT2D eigenvalue weighted by Crippen LogP contribution is 2.26. The van der Waals surface area contributed by atoms with E-state index in [9.17, 15) is 4.79 Å². The molecule has 0 aromatic carbocycles. The van der Waals surface area contributed by atoms with Crippen LogP contribution in [0.2, 0.25) is 0 Å². The average molecular weight is 264 g/mol. The summed E-state index contributed by atoms with van der Waals surface area (Å²) in [7, 11) is 0. The van der Waals surface area contributed by atoms with Gasteiger partial charge in [-0.05, 0) is 29.8 Å². The minimum Gasteiger partial charge on any atom is -0.281 e. The first-order valence-corrected chi connectivity index (χ1v) is 5.98. The topological polar surface area (TPSA) is 58.6 Å². The van der Waals surface area contributed by atoms with Gasteiger partial charge in [0.15, 0.2) is 0 Å². The van der Waals surface area contributed by atoms with E-state index in [2.05, 4.69) is 36.0 Å². The molecule has 0 aliphatic carbocycles. The number of rotatable bonds is 2. The van der Waals surface area contributed by atoms with Crippen LogP contribution in [-0.4, -0.2) is 20.4 Å². The van der Waals surface area contributed by atoms with Crippen LogP contribution < -0.4 is 0 Å². The Morgan fingerprint density at radius 3 is 2.67 bits per heavy atom. The molecule has 18 heavy (non-hydrogen) atoms. The van der Waals surface area contributed by atoms with Crippen molar-refractivity contribution in [2.75, 3.05) is 0 Å². The lowest BCUT2D eigenvalue weighted by Crippen LogP contribution is -2.11. The number of carbonyl (C=O) groups is 1. The van der Waals surface area contributed by atoms with Gasteiger partial charge in [0.05, 0.1) is 5.56 Å². The molecule has 4 nitrogen and oxygen atoms in total. The summed E-state index contributed by atoms with van der Waals surface area (Å²) in [5.74, 6) is 0. The Bertz CT molecular complexity index is 584. The molecular formula is C13H14ClN3O. The maximum absolute atomic E-state index is 11.3. The SMILES string of the molecule is CC(C)(C)c1cc(-c2ncccc2C(=O)Cl)n[nH]1. The van der Waals surface area contributed by atoms with Crippen LogP contribution in [0, 0.1) is 0 Å². The highest BCUT2D eigenvalue weighted by molar-refractivity contribution is 6.68. The summed E-state index contributed by atoms with van der Waals surface area (Å²) >= 11 is 5.54. The first-order chi connectivity index (χ1) is 8.39. The molecule has 1 N–H and O–H groups in total. The van der Waals surface area contributed by atoms with Gasteiger partial charge in [-0.15, -0.1) is 0 Å². The van der Waals surface area contributed by atoms with Crippen LogP contribution in [0.15, 0.2) is 24.4 Å². The van der Waals surface area contributed by atoms with Gasteiger partial charge in [-0.1, -0.05) is 20.8 Å². The van der Waals surface area contributed by atoms with Gasteiger partial charge in [-0.25, -0.2) is 0 Å². The summed E-state index contributed by atoms with van der Waals surface area (Å²) in [4.78, 5) is 15.5. The quantitative estimate of drug-likeness (QED) is 0.847. The van der Waals surface area contributed by atoms with E-state index >= 15 is 0 Å². The summed E-state index contributed by atoms with van der Waals surface area (Å²) in [5.41, 5.74) is 2.45. The zero-order valence-electron chi connectivity index (χ0n) is 10.5. The van der Waals surface area contributed by atoms with E-state index in [0.29, 0.717) is 17.0 Å². The molecule has 0 spiro atoms. The molecule has 2 aromatic heterocycles. The molecule has 0 unspecified atom stereocenters. The lowest BCUT2D eigenvalue weighted by molar-refractivity contribution is 0.108. The Morgan fingerprint density at radius 1 is 1.39 bits per heavy atom. The molecule has 0 aliphatic rings. The fraction of sp³-hybridized carbons (Fsp3) is 0.308. The predicted molar refractivity (Wildman–Crippen MR) is 70.7 cm³/mol. The van der Waals surface area contributed by atoms with E-state index in [1.165, 1.54) is 0 Å². The first-order valence-electron chi connectivity index (χ1n) is 5.60. The van der Waals surface area contributed by atoms with Gasteiger partial charge in [0.1, 0.15) is 11.4 Å².